The third-order valence-corrected chi connectivity index (χ3v) is 14.3. The van der Waals surface area contributed by atoms with E-state index < -0.39 is 22.8 Å². The summed E-state index contributed by atoms with van der Waals surface area (Å²) < 4.78 is 12.5. The van der Waals surface area contributed by atoms with Gasteiger partial charge in [-0.3, -0.25) is 19.2 Å². The lowest BCUT2D eigenvalue weighted by Crippen LogP contribution is -2.38. The summed E-state index contributed by atoms with van der Waals surface area (Å²) in [6.07, 6.45) is 1.13. The Morgan fingerprint density at radius 3 is 1.78 bits per heavy atom. The van der Waals surface area contributed by atoms with Crippen LogP contribution in [0.2, 0.25) is 20.1 Å². The minimum absolute atomic E-state index is 0.0115. The quantitative estimate of drug-likeness (QED) is 0.0831. The summed E-state index contributed by atoms with van der Waals surface area (Å²) in [7, 11) is 0. The van der Waals surface area contributed by atoms with E-state index in [4.69, 9.17) is 55.2 Å². The predicted molar refractivity (Wildman–Crippen MR) is 295 cm³/mol. The average molecular weight is 1060 g/mol. The first-order chi connectivity index (χ1) is 35.6. The normalized spacial score (nSPS) is 12.0. The number of carbonyl (C=O) groups is 2. The Morgan fingerprint density at radius 2 is 1.15 bits per heavy atom. The van der Waals surface area contributed by atoms with E-state index in [0.29, 0.717) is 74.7 Å². The highest BCUT2D eigenvalue weighted by molar-refractivity contribution is 6.34. The first-order valence-electron chi connectivity index (χ1n) is 23.7. The van der Waals surface area contributed by atoms with E-state index >= 15 is 0 Å². The molecule has 1 atom stereocenters. The maximum atomic E-state index is 14.2. The number of phenolic OH excluding ortho intramolecular Hbond substituents is 2. The van der Waals surface area contributed by atoms with Gasteiger partial charge < -0.3 is 29.7 Å². The van der Waals surface area contributed by atoms with Gasteiger partial charge in [0.15, 0.2) is 0 Å². The fourth-order valence-electron chi connectivity index (χ4n) is 9.66. The lowest BCUT2D eigenvalue weighted by atomic mass is 9.88. The molecule has 74 heavy (non-hydrogen) atoms. The van der Waals surface area contributed by atoms with E-state index in [1.165, 1.54) is 24.3 Å². The average Bonchev–Trinajstić information content (AvgIpc) is 3.38. The van der Waals surface area contributed by atoms with Crippen molar-refractivity contribution in [2.24, 2.45) is 5.92 Å². The number of benzene rings is 8. The van der Waals surface area contributed by atoms with Gasteiger partial charge in [0.25, 0.3) is 11.8 Å². The maximum absolute atomic E-state index is 14.2. The molecule has 10 rings (SSSR count). The van der Waals surface area contributed by atoms with Crippen molar-refractivity contribution in [2.45, 2.75) is 39.2 Å². The van der Waals surface area contributed by atoms with Gasteiger partial charge >= 0.3 is 0 Å². The number of fused-ring (bicyclic) bond motifs is 4. The summed E-state index contributed by atoms with van der Waals surface area (Å²) in [5.41, 5.74) is 7.43. The molecule has 2 heterocycles. The molecule has 1 unspecified atom stereocenters. The number of aromatic hydroxyl groups is 2. The first kappa shape index (κ1) is 50.0. The van der Waals surface area contributed by atoms with Crippen LogP contribution in [-0.4, -0.2) is 34.6 Å². The summed E-state index contributed by atoms with van der Waals surface area (Å²) in [5, 5.41) is 28.5. The molecule has 6 aromatic carbocycles. The van der Waals surface area contributed by atoms with Crippen LogP contribution in [0.5, 0.6) is 11.5 Å². The van der Waals surface area contributed by atoms with Crippen molar-refractivity contribution in [1.82, 2.24) is 10.6 Å². The van der Waals surface area contributed by atoms with Crippen molar-refractivity contribution in [3.8, 4) is 67.5 Å². The van der Waals surface area contributed by atoms with Crippen LogP contribution in [0.1, 0.15) is 52.1 Å². The molecule has 10 nitrogen and oxygen atoms in total. The second-order valence-electron chi connectivity index (χ2n) is 18.6. The van der Waals surface area contributed by atoms with Crippen LogP contribution >= 0.6 is 46.4 Å². The van der Waals surface area contributed by atoms with Gasteiger partial charge in [-0.1, -0.05) is 139 Å². The molecule has 14 heteroatoms. The van der Waals surface area contributed by atoms with Gasteiger partial charge in [-0.15, -0.1) is 0 Å². The summed E-state index contributed by atoms with van der Waals surface area (Å²) in [5.74, 6) is -0.555. The zero-order chi connectivity index (χ0) is 51.9. The van der Waals surface area contributed by atoms with Crippen LogP contribution in [0.4, 0.5) is 0 Å². The van der Waals surface area contributed by atoms with E-state index in [2.05, 4.69) is 34.9 Å². The van der Waals surface area contributed by atoms with E-state index in [0.717, 1.165) is 16.7 Å². The maximum Gasteiger partial charge on any atom is 0.251 e. The molecule has 4 aliphatic rings. The van der Waals surface area contributed by atoms with E-state index in [9.17, 15) is 29.4 Å². The van der Waals surface area contributed by atoms with Crippen molar-refractivity contribution in [2.75, 3.05) is 6.54 Å². The molecular formula is C60H44Cl4N2O8. The van der Waals surface area contributed by atoms with Gasteiger partial charge in [0, 0.05) is 86.9 Å². The van der Waals surface area contributed by atoms with Gasteiger partial charge in [-0.25, -0.2) is 0 Å². The van der Waals surface area contributed by atoms with Gasteiger partial charge in [-0.05, 0) is 95.1 Å². The molecule has 0 aromatic heterocycles. The van der Waals surface area contributed by atoms with Crippen LogP contribution in [0.25, 0.3) is 78.0 Å². The summed E-state index contributed by atoms with van der Waals surface area (Å²) >= 11 is 26.0. The molecule has 0 radical (unpaired) electrons. The number of hydrogen-bond donors (Lipinski definition) is 4. The molecular weight excluding hydrogens is 1020 g/mol. The highest BCUT2D eigenvalue weighted by Crippen LogP contribution is 2.46. The van der Waals surface area contributed by atoms with Crippen LogP contribution < -0.4 is 21.5 Å². The third kappa shape index (κ3) is 9.94. The number of hydrogen-bond acceptors (Lipinski definition) is 8. The molecule has 0 spiro atoms. The van der Waals surface area contributed by atoms with E-state index in [1.54, 1.807) is 66.7 Å². The van der Waals surface area contributed by atoms with E-state index in [-0.39, 0.29) is 78.1 Å². The number of amides is 2. The Hall–Kier alpha value is -7.60. The monoisotopic (exact) mass is 1060 g/mol. The van der Waals surface area contributed by atoms with Crippen LogP contribution in [0.15, 0.2) is 164 Å². The Balaban J connectivity index is 0.942. The minimum Gasteiger partial charge on any atom is -0.506 e. The van der Waals surface area contributed by atoms with Crippen molar-refractivity contribution >= 4 is 80.2 Å². The molecule has 0 saturated carbocycles. The number of phenols is 2. The smallest absolute Gasteiger partial charge is 0.251 e. The van der Waals surface area contributed by atoms with Gasteiger partial charge in [0.05, 0.1) is 20.1 Å². The largest absolute Gasteiger partial charge is 0.506 e. The second-order valence-corrected chi connectivity index (χ2v) is 20.2. The summed E-state index contributed by atoms with van der Waals surface area (Å²) in [4.78, 5) is 54.5. The summed E-state index contributed by atoms with van der Waals surface area (Å²) in [6, 6.07) is 41.8. The molecule has 0 saturated heterocycles. The Bertz CT molecular complexity index is 3870. The lowest BCUT2D eigenvalue weighted by molar-refractivity contribution is 0.0929. The third-order valence-electron chi connectivity index (χ3n) is 13.1. The minimum atomic E-state index is -0.587. The SMILES string of the molecule is CC(C)CC(Cc1c2oc3cc(O)c(Cl)cc3c(-c3ccc(C(=O)NCCc4ccccc4-c4ccccc4)cc3)c-2cc(Cl)c1=O)NC(=O)c1ccc(-c2c3cc(Cl)c(=O)cc-3oc3cc(O)c(Cl)cc23)cc1. The highest BCUT2D eigenvalue weighted by Gasteiger charge is 2.29. The van der Waals surface area contributed by atoms with Gasteiger partial charge in [0.1, 0.15) is 34.2 Å². The molecule has 2 aliphatic carbocycles. The van der Waals surface area contributed by atoms with Crippen LogP contribution in [0, 0.1) is 5.92 Å². The number of halogens is 4. The van der Waals surface area contributed by atoms with E-state index in [1.807, 2.05) is 44.2 Å². The molecule has 6 aromatic rings. The molecule has 2 amide bonds. The fourth-order valence-corrected chi connectivity index (χ4v) is 10.4. The number of rotatable bonds is 13. The lowest BCUT2D eigenvalue weighted by Gasteiger charge is -2.24. The molecule has 4 N–H and O–H groups in total. The fraction of sp³-hybridized carbons (Fsp3) is 0.133. The number of nitrogens with one attached hydrogen (secondary N) is 2. The van der Waals surface area contributed by atoms with Gasteiger partial charge in [-0.2, -0.15) is 0 Å². The molecule has 2 aliphatic heterocycles. The van der Waals surface area contributed by atoms with Crippen LogP contribution in [-0.2, 0) is 12.8 Å². The molecule has 370 valence electrons. The van der Waals surface area contributed by atoms with Crippen molar-refractivity contribution < 1.29 is 28.6 Å². The first-order valence-corrected chi connectivity index (χ1v) is 25.2. The molecule has 0 fully saturated rings. The Morgan fingerprint density at radius 1 is 0.581 bits per heavy atom. The highest BCUT2D eigenvalue weighted by atomic mass is 35.5. The zero-order valence-corrected chi connectivity index (χ0v) is 42.7. The Kier molecular flexibility index (Phi) is 14.0. The van der Waals surface area contributed by atoms with Crippen molar-refractivity contribution in [3.63, 3.8) is 0 Å². The van der Waals surface area contributed by atoms with Gasteiger partial charge in [0.2, 0.25) is 10.9 Å². The van der Waals surface area contributed by atoms with Crippen molar-refractivity contribution in [3.05, 3.63) is 208 Å². The summed E-state index contributed by atoms with van der Waals surface area (Å²) in [6.45, 7) is 4.43. The van der Waals surface area contributed by atoms with Crippen LogP contribution in [0.3, 0.4) is 0 Å². The topological polar surface area (TPSA) is 159 Å². The standard InChI is InChI=1S/C60H44Cl4N2O8/c1-31(2)22-38(66-60(72)37-18-14-34(15-19-37)55-40-24-45(61)49(67)28-52(40)73-53-29-50(68)46(62)25-41(53)55)23-44-57(70)48(64)27-43-56(42-26-47(63)51(69)30-54(42)74-58(43)44)35-12-16-36(17-13-35)59(71)65-21-20-33-10-6-7-11-39(33)32-8-4-3-5-9-32/h3-19,24-31,38,67,69H,20-23H2,1-2H3,(H,65,71)(H,66,72). The number of carbonyl (C=O) groups excluding carboxylic acids is 2. The second kappa shape index (κ2) is 20.7. The van der Waals surface area contributed by atoms with Crippen molar-refractivity contribution in [1.29, 1.82) is 0 Å². The molecule has 0 bridgehead atoms. The Labute approximate surface area is 444 Å². The predicted octanol–water partition coefficient (Wildman–Crippen LogP) is 14.5. The zero-order valence-electron chi connectivity index (χ0n) is 39.7.